The van der Waals surface area contributed by atoms with E-state index in [4.69, 9.17) is 5.73 Å². The fourth-order valence-electron chi connectivity index (χ4n) is 1.15. The second-order valence-electron chi connectivity index (χ2n) is 3.34. The van der Waals surface area contributed by atoms with E-state index in [0.717, 1.165) is 17.0 Å². The maximum atomic E-state index is 5.54. The van der Waals surface area contributed by atoms with Crippen molar-refractivity contribution in [2.75, 3.05) is 0 Å². The van der Waals surface area contributed by atoms with Gasteiger partial charge in [0, 0.05) is 17.9 Å². The first-order chi connectivity index (χ1) is 5.65. The van der Waals surface area contributed by atoms with Crippen molar-refractivity contribution < 1.29 is 0 Å². The number of rotatable bonds is 2. The van der Waals surface area contributed by atoms with Gasteiger partial charge in [-0.1, -0.05) is 19.9 Å². The molecule has 0 aliphatic heterocycles. The van der Waals surface area contributed by atoms with Gasteiger partial charge in [0.1, 0.15) is 0 Å². The van der Waals surface area contributed by atoms with Crippen LogP contribution in [-0.2, 0) is 6.54 Å². The minimum Gasteiger partial charge on any atom is -0.326 e. The van der Waals surface area contributed by atoms with E-state index in [-0.39, 0.29) is 0 Å². The van der Waals surface area contributed by atoms with Crippen LogP contribution in [0.5, 0.6) is 0 Å². The molecule has 2 heteroatoms. The summed E-state index contributed by atoms with van der Waals surface area (Å²) >= 11 is 0. The lowest BCUT2D eigenvalue weighted by molar-refractivity contribution is 0.808. The molecule has 1 heterocycles. The third-order valence-electron chi connectivity index (χ3n) is 2.03. The van der Waals surface area contributed by atoms with Gasteiger partial charge >= 0.3 is 0 Å². The SMILES string of the molecule is Cc1nc(C(C)C)ccc1CN. The molecule has 66 valence electrons. The number of aromatic nitrogens is 1. The highest BCUT2D eigenvalue weighted by Crippen LogP contribution is 2.13. The number of aryl methyl sites for hydroxylation is 1. The molecule has 0 unspecified atom stereocenters. The molecule has 1 rings (SSSR count). The monoisotopic (exact) mass is 164 g/mol. The molecule has 0 amide bonds. The van der Waals surface area contributed by atoms with Crippen LogP contribution in [0.3, 0.4) is 0 Å². The Balaban J connectivity index is 3.02. The summed E-state index contributed by atoms with van der Waals surface area (Å²) in [5.74, 6) is 0.496. The predicted molar refractivity (Wildman–Crippen MR) is 51.0 cm³/mol. The molecular weight excluding hydrogens is 148 g/mol. The van der Waals surface area contributed by atoms with E-state index in [1.54, 1.807) is 0 Å². The molecule has 1 aromatic heterocycles. The van der Waals surface area contributed by atoms with Gasteiger partial charge in [0.25, 0.3) is 0 Å². The highest BCUT2D eigenvalue weighted by molar-refractivity contribution is 5.23. The fourth-order valence-corrected chi connectivity index (χ4v) is 1.15. The Morgan fingerprint density at radius 2 is 2.08 bits per heavy atom. The summed E-state index contributed by atoms with van der Waals surface area (Å²) in [6.45, 7) is 6.87. The first kappa shape index (κ1) is 9.20. The van der Waals surface area contributed by atoms with E-state index in [2.05, 4.69) is 31.0 Å². The summed E-state index contributed by atoms with van der Waals surface area (Å²) in [5, 5.41) is 0. The summed E-state index contributed by atoms with van der Waals surface area (Å²) in [4.78, 5) is 4.46. The smallest absolute Gasteiger partial charge is 0.0432 e. The Morgan fingerprint density at radius 3 is 2.50 bits per heavy atom. The van der Waals surface area contributed by atoms with Crippen LogP contribution in [0.1, 0.15) is 36.7 Å². The first-order valence-corrected chi connectivity index (χ1v) is 4.31. The molecule has 12 heavy (non-hydrogen) atoms. The second-order valence-corrected chi connectivity index (χ2v) is 3.34. The number of nitrogens with zero attached hydrogens (tertiary/aromatic N) is 1. The Hall–Kier alpha value is -0.890. The first-order valence-electron chi connectivity index (χ1n) is 4.31. The van der Waals surface area contributed by atoms with Gasteiger partial charge < -0.3 is 5.73 Å². The van der Waals surface area contributed by atoms with E-state index in [1.165, 1.54) is 0 Å². The van der Waals surface area contributed by atoms with Crippen LogP contribution in [0, 0.1) is 6.92 Å². The molecule has 2 nitrogen and oxygen atoms in total. The molecule has 1 aromatic rings. The van der Waals surface area contributed by atoms with E-state index in [1.807, 2.05) is 6.92 Å². The van der Waals surface area contributed by atoms with Crippen molar-refractivity contribution in [3.8, 4) is 0 Å². The van der Waals surface area contributed by atoms with Gasteiger partial charge in [0.05, 0.1) is 0 Å². The van der Waals surface area contributed by atoms with Gasteiger partial charge in [0.15, 0.2) is 0 Å². The Morgan fingerprint density at radius 1 is 1.42 bits per heavy atom. The lowest BCUT2D eigenvalue weighted by atomic mass is 10.1. The molecule has 2 N–H and O–H groups in total. The van der Waals surface area contributed by atoms with Crippen molar-refractivity contribution in [3.63, 3.8) is 0 Å². The standard InChI is InChI=1S/C10H16N2/c1-7(2)10-5-4-9(6-11)8(3)12-10/h4-5,7H,6,11H2,1-3H3. The maximum absolute atomic E-state index is 5.54. The summed E-state index contributed by atoms with van der Waals surface area (Å²) in [6, 6.07) is 4.12. The molecule has 0 bridgehead atoms. The summed E-state index contributed by atoms with van der Waals surface area (Å²) in [7, 11) is 0. The lowest BCUT2D eigenvalue weighted by Gasteiger charge is -2.07. The summed E-state index contributed by atoms with van der Waals surface area (Å²) < 4.78 is 0. The molecule has 0 aliphatic carbocycles. The van der Waals surface area contributed by atoms with Crippen molar-refractivity contribution in [3.05, 3.63) is 29.1 Å². The van der Waals surface area contributed by atoms with Crippen molar-refractivity contribution in [1.29, 1.82) is 0 Å². The van der Waals surface area contributed by atoms with Crippen molar-refractivity contribution in [2.45, 2.75) is 33.2 Å². The third kappa shape index (κ3) is 1.83. The number of hydrogen-bond donors (Lipinski definition) is 1. The average molecular weight is 164 g/mol. The van der Waals surface area contributed by atoms with Crippen LogP contribution in [0.4, 0.5) is 0 Å². The van der Waals surface area contributed by atoms with Gasteiger partial charge in [0.2, 0.25) is 0 Å². The highest BCUT2D eigenvalue weighted by Gasteiger charge is 2.02. The van der Waals surface area contributed by atoms with Crippen LogP contribution in [-0.4, -0.2) is 4.98 Å². The molecule has 0 aromatic carbocycles. The Labute approximate surface area is 73.8 Å². The molecule has 0 spiro atoms. The lowest BCUT2D eigenvalue weighted by Crippen LogP contribution is -2.03. The van der Waals surface area contributed by atoms with Gasteiger partial charge in [-0.15, -0.1) is 0 Å². The van der Waals surface area contributed by atoms with E-state index < -0.39 is 0 Å². The van der Waals surface area contributed by atoms with Gasteiger partial charge in [-0.2, -0.15) is 0 Å². The third-order valence-corrected chi connectivity index (χ3v) is 2.03. The predicted octanol–water partition coefficient (Wildman–Crippen LogP) is 1.97. The second kappa shape index (κ2) is 3.68. The normalized spacial score (nSPS) is 10.8. The minimum absolute atomic E-state index is 0.496. The van der Waals surface area contributed by atoms with Crippen LogP contribution in [0.15, 0.2) is 12.1 Å². The van der Waals surface area contributed by atoms with Crippen molar-refractivity contribution >= 4 is 0 Å². The van der Waals surface area contributed by atoms with E-state index in [0.29, 0.717) is 12.5 Å². The van der Waals surface area contributed by atoms with Crippen molar-refractivity contribution in [1.82, 2.24) is 4.98 Å². The molecule has 0 fully saturated rings. The fraction of sp³-hybridized carbons (Fsp3) is 0.500. The van der Waals surface area contributed by atoms with Gasteiger partial charge in [-0.3, -0.25) is 4.98 Å². The van der Waals surface area contributed by atoms with Crippen LogP contribution in [0.25, 0.3) is 0 Å². The van der Waals surface area contributed by atoms with Crippen LogP contribution < -0.4 is 5.73 Å². The molecule has 0 aliphatic rings. The van der Waals surface area contributed by atoms with Crippen molar-refractivity contribution in [2.24, 2.45) is 5.73 Å². The number of nitrogens with two attached hydrogens (primary N) is 1. The number of hydrogen-bond acceptors (Lipinski definition) is 2. The molecule has 0 saturated carbocycles. The largest absolute Gasteiger partial charge is 0.326 e. The Bertz CT molecular complexity index is 267. The van der Waals surface area contributed by atoms with E-state index in [9.17, 15) is 0 Å². The van der Waals surface area contributed by atoms with Crippen LogP contribution >= 0.6 is 0 Å². The van der Waals surface area contributed by atoms with Gasteiger partial charge in [-0.05, 0) is 24.5 Å². The topological polar surface area (TPSA) is 38.9 Å². The zero-order chi connectivity index (χ0) is 9.14. The van der Waals surface area contributed by atoms with Crippen LogP contribution in [0.2, 0.25) is 0 Å². The zero-order valence-electron chi connectivity index (χ0n) is 7.96. The molecule has 0 atom stereocenters. The molecular formula is C10H16N2. The molecule has 0 saturated heterocycles. The highest BCUT2D eigenvalue weighted by atomic mass is 14.7. The maximum Gasteiger partial charge on any atom is 0.0432 e. The van der Waals surface area contributed by atoms with E-state index >= 15 is 0 Å². The quantitative estimate of drug-likeness (QED) is 0.725. The average Bonchev–Trinajstić information content (AvgIpc) is 2.04. The Kier molecular flexibility index (Phi) is 2.82. The number of pyridine rings is 1. The van der Waals surface area contributed by atoms with Gasteiger partial charge in [-0.25, -0.2) is 0 Å². The minimum atomic E-state index is 0.496. The summed E-state index contributed by atoms with van der Waals surface area (Å²) in [5.41, 5.74) is 8.88. The zero-order valence-corrected chi connectivity index (χ0v) is 7.96. The molecule has 0 radical (unpaired) electrons. The summed E-state index contributed by atoms with van der Waals surface area (Å²) in [6.07, 6.45) is 0.